The second-order valence-corrected chi connectivity index (χ2v) is 5.63. The van der Waals surface area contributed by atoms with Crippen molar-refractivity contribution in [3.05, 3.63) is 23.0 Å². The third-order valence-corrected chi connectivity index (χ3v) is 4.16. The van der Waals surface area contributed by atoms with Crippen molar-refractivity contribution in [2.24, 2.45) is 5.73 Å². The highest BCUT2D eigenvalue weighted by Gasteiger charge is 2.29. The highest BCUT2D eigenvalue weighted by molar-refractivity contribution is 5.95. The van der Waals surface area contributed by atoms with Gasteiger partial charge in [0.1, 0.15) is 0 Å². The molecule has 2 rings (SSSR count). The van der Waals surface area contributed by atoms with Gasteiger partial charge in [-0.15, -0.1) is 0 Å². The molecule has 0 spiro atoms. The van der Waals surface area contributed by atoms with E-state index < -0.39 is 0 Å². The first kappa shape index (κ1) is 14.9. The van der Waals surface area contributed by atoms with Crippen LogP contribution in [0.3, 0.4) is 0 Å². The summed E-state index contributed by atoms with van der Waals surface area (Å²) in [7, 11) is 1.85. The van der Waals surface area contributed by atoms with Gasteiger partial charge in [0.2, 0.25) is 0 Å². The molecule has 0 aromatic carbocycles. The Kier molecular flexibility index (Phi) is 4.70. The van der Waals surface area contributed by atoms with Gasteiger partial charge in [0.25, 0.3) is 5.91 Å². The SMILES string of the molecule is CCc1nnc(C)cc1C(=O)N(C)C1CCCCC1N. The van der Waals surface area contributed by atoms with E-state index in [-0.39, 0.29) is 18.0 Å². The zero-order chi connectivity index (χ0) is 14.7. The van der Waals surface area contributed by atoms with Gasteiger partial charge in [-0.3, -0.25) is 4.79 Å². The molecule has 1 saturated carbocycles. The van der Waals surface area contributed by atoms with E-state index in [2.05, 4.69) is 10.2 Å². The van der Waals surface area contributed by atoms with Crippen molar-refractivity contribution in [1.82, 2.24) is 15.1 Å². The van der Waals surface area contributed by atoms with Crippen LogP contribution in [0.2, 0.25) is 0 Å². The van der Waals surface area contributed by atoms with Gasteiger partial charge in [-0.05, 0) is 32.3 Å². The van der Waals surface area contributed by atoms with Crippen LogP contribution in [-0.4, -0.2) is 40.1 Å². The molecule has 0 saturated heterocycles. The molecule has 2 atom stereocenters. The Morgan fingerprint density at radius 3 is 2.75 bits per heavy atom. The lowest BCUT2D eigenvalue weighted by molar-refractivity contribution is 0.0670. The molecule has 1 amide bonds. The van der Waals surface area contributed by atoms with E-state index in [0.717, 1.165) is 37.1 Å². The Hall–Kier alpha value is -1.49. The summed E-state index contributed by atoms with van der Waals surface area (Å²) in [6.45, 7) is 3.85. The standard InChI is InChI=1S/C15H24N4O/c1-4-13-11(9-10(2)17-18-13)15(20)19(3)14-8-6-5-7-12(14)16/h9,12,14H,4-8,16H2,1-3H3. The first-order valence-electron chi connectivity index (χ1n) is 7.40. The maximum atomic E-state index is 12.7. The summed E-state index contributed by atoms with van der Waals surface area (Å²) in [6.07, 6.45) is 5.00. The van der Waals surface area contributed by atoms with Crippen LogP contribution in [0.5, 0.6) is 0 Å². The number of nitrogens with two attached hydrogens (primary N) is 1. The van der Waals surface area contributed by atoms with E-state index >= 15 is 0 Å². The fourth-order valence-corrected chi connectivity index (χ4v) is 2.92. The number of carbonyl (C=O) groups excluding carboxylic acids is 1. The molecule has 20 heavy (non-hydrogen) atoms. The van der Waals surface area contributed by atoms with Gasteiger partial charge in [-0.25, -0.2) is 0 Å². The fourth-order valence-electron chi connectivity index (χ4n) is 2.92. The third-order valence-electron chi connectivity index (χ3n) is 4.16. The van der Waals surface area contributed by atoms with E-state index in [1.165, 1.54) is 0 Å². The Labute approximate surface area is 120 Å². The van der Waals surface area contributed by atoms with Crippen molar-refractivity contribution in [1.29, 1.82) is 0 Å². The molecule has 0 radical (unpaired) electrons. The highest BCUT2D eigenvalue weighted by atomic mass is 16.2. The van der Waals surface area contributed by atoms with Gasteiger partial charge in [-0.2, -0.15) is 10.2 Å². The minimum atomic E-state index is 0.0159. The second kappa shape index (κ2) is 6.31. The topological polar surface area (TPSA) is 72.1 Å². The van der Waals surface area contributed by atoms with Crippen LogP contribution in [0.1, 0.15) is 54.4 Å². The number of amides is 1. The van der Waals surface area contributed by atoms with Gasteiger partial charge in [0, 0.05) is 19.1 Å². The predicted molar refractivity (Wildman–Crippen MR) is 78.5 cm³/mol. The van der Waals surface area contributed by atoms with Crippen LogP contribution in [0.25, 0.3) is 0 Å². The lowest BCUT2D eigenvalue weighted by Gasteiger charge is -2.36. The van der Waals surface area contributed by atoms with Gasteiger partial charge in [0.15, 0.2) is 0 Å². The minimum absolute atomic E-state index is 0.0159. The van der Waals surface area contributed by atoms with Gasteiger partial charge in [0.05, 0.1) is 17.0 Å². The summed E-state index contributed by atoms with van der Waals surface area (Å²) < 4.78 is 0. The molecule has 1 aliphatic rings. The molecule has 5 nitrogen and oxygen atoms in total. The average Bonchev–Trinajstić information content (AvgIpc) is 2.46. The summed E-state index contributed by atoms with van der Waals surface area (Å²) in [5.41, 5.74) is 8.37. The summed E-state index contributed by atoms with van der Waals surface area (Å²) in [5.74, 6) is 0.0159. The number of aryl methyl sites for hydroxylation is 2. The maximum Gasteiger partial charge on any atom is 0.255 e. The first-order chi connectivity index (χ1) is 9.54. The molecular formula is C15H24N4O. The van der Waals surface area contributed by atoms with Crippen LogP contribution in [0.15, 0.2) is 6.07 Å². The number of likely N-dealkylation sites (N-methyl/N-ethyl adjacent to an activating group) is 1. The molecule has 1 heterocycles. The number of carbonyl (C=O) groups is 1. The number of hydrogen-bond donors (Lipinski definition) is 1. The second-order valence-electron chi connectivity index (χ2n) is 5.63. The van der Waals surface area contributed by atoms with Gasteiger partial charge < -0.3 is 10.6 Å². The van der Waals surface area contributed by atoms with E-state index in [1.54, 1.807) is 4.90 Å². The van der Waals surface area contributed by atoms with Crippen molar-refractivity contribution in [3.63, 3.8) is 0 Å². The zero-order valence-corrected chi connectivity index (χ0v) is 12.6. The zero-order valence-electron chi connectivity index (χ0n) is 12.6. The number of hydrogen-bond acceptors (Lipinski definition) is 4. The van der Waals surface area contributed by atoms with E-state index in [1.807, 2.05) is 27.0 Å². The number of rotatable bonds is 3. The van der Waals surface area contributed by atoms with Crippen LogP contribution < -0.4 is 5.73 Å². The van der Waals surface area contributed by atoms with Crippen molar-refractivity contribution < 1.29 is 4.79 Å². The molecule has 1 fully saturated rings. The minimum Gasteiger partial charge on any atom is -0.337 e. The van der Waals surface area contributed by atoms with E-state index in [4.69, 9.17) is 5.73 Å². The third kappa shape index (κ3) is 2.98. The monoisotopic (exact) mass is 276 g/mol. The molecule has 2 unspecified atom stereocenters. The molecule has 1 aromatic rings. The summed E-state index contributed by atoms with van der Waals surface area (Å²) >= 11 is 0. The van der Waals surface area contributed by atoms with Crippen LogP contribution in [0.4, 0.5) is 0 Å². The molecule has 110 valence electrons. The molecule has 1 aliphatic carbocycles. The smallest absolute Gasteiger partial charge is 0.255 e. The average molecular weight is 276 g/mol. The maximum absolute atomic E-state index is 12.7. The Bertz CT molecular complexity index is 489. The molecule has 0 bridgehead atoms. The summed E-state index contributed by atoms with van der Waals surface area (Å²) in [5, 5.41) is 8.17. The summed E-state index contributed by atoms with van der Waals surface area (Å²) in [4.78, 5) is 14.5. The van der Waals surface area contributed by atoms with Crippen molar-refractivity contribution in [2.75, 3.05) is 7.05 Å². The fraction of sp³-hybridized carbons (Fsp3) is 0.667. The lowest BCUT2D eigenvalue weighted by Crippen LogP contribution is -2.50. The van der Waals surface area contributed by atoms with E-state index in [0.29, 0.717) is 12.0 Å². The van der Waals surface area contributed by atoms with Crippen molar-refractivity contribution in [3.8, 4) is 0 Å². The number of aromatic nitrogens is 2. The van der Waals surface area contributed by atoms with Crippen LogP contribution in [-0.2, 0) is 6.42 Å². The first-order valence-corrected chi connectivity index (χ1v) is 7.40. The normalized spacial score (nSPS) is 22.6. The largest absolute Gasteiger partial charge is 0.337 e. The Balaban J connectivity index is 2.23. The Morgan fingerprint density at radius 2 is 2.10 bits per heavy atom. The number of nitrogens with zero attached hydrogens (tertiary/aromatic N) is 3. The van der Waals surface area contributed by atoms with Crippen LogP contribution >= 0.6 is 0 Å². The van der Waals surface area contributed by atoms with Crippen molar-refractivity contribution >= 4 is 5.91 Å². The van der Waals surface area contributed by atoms with Gasteiger partial charge >= 0.3 is 0 Å². The van der Waals surface area contributed by atoms with Crippen LogP contribution in [0, 0.1) is 6.92 Å². The Morgan fingerprint density at radius 1 is 1.40 bits per heavy atom. The molecular weight excluding hydrogens is 252 g/mol. The molecule has 0 aliphatic heterocycles. The summed E-state index contributed by atoms with van der Waals surface area (Å²) in [6, 6.07) is 2.05. The highest BCUT2D eigenvalue weighted by Crippen LogP contribution is 2.23. The van der Waals surface area contributed by atoms with Gasteiger partial charge in [-0.1, -0.05) is 19.8 Å². The molecule has 5 heteroatoms. The molecule has 1 aromatic heterocycles. The lowest BCUT2D eigenvalue weighted by atomic mass is 9.89. The predicted octanol–water partition coefficient (Wildman–Crippen LogP) is 1.69. The van der Waals surface area contributed by atoms with Crippen molar-refractivity contribution in [2.45, 2.75) is 58.0 Å². The quantitative estimate of drug-likeness (QED) is 0.912. The molecule has 2 N–H and O–H groups in total. The van der Waals surface area contributed by atoms with E-state index in [9.17, 15) is 4.79 Å².